The number of aliphatic carboxylic acids is 1. The molecule has 2 rings (SSSR count). The predicted molar refractivity (Wildman–Crippen MR) is 72.8 cm³/mol. The topological polar surface area (TPSA) is 60.8 Å². The minimum atomic E-state index is -1.46. The van der Waals surface area contributed by atoms with Crippen LogP contribution in [-0.4, -0.2) is 29.3 Å². The Morgan fingerprint density at radius 1 is 1.28 bits per heavy atom. The van der Waals surface area contributed by atoms with Gasteiger partial charge in [-0.3, -0.25) is 0 Å². The van der Waals surface area contributed by atoms with Crippen LogP contribution in [0, 0.1) is 0 Å². The molecule has 1 heterocycles. The standard InChI is InChI=1S/C13H16BrNO3/c14-10-8-9(12(16)13(17)18)4-5-11(10)15-6-2-1-3-7-15/h4-5,8,12,16H,1-3,6-7H2,(H,17,18). The normalized spacial score (nSPS) is 17.6. The molecule has 0 saturated carbocycles. The second kappa shape index (κ2) is 5.71. The van der Waals surface area contributed by atoms with E-state index in [-0.39, 0.29) is 0 Å². The average Bonchev–Trinajstić information content (AvgIpc) is 2.38. The van der Waals surface area contributed by atoms with Gasteiger partial charge in [0.15, 0.2) is 6.10 Å². The molecule has 1 fully saturated rings. The van der Waals surface area contributed by atoms with Crippen molar-refractivity contribution in [2.45, 2.75) is 25.4 Å². The van der Waals surface area contributed by atoms with Crippen molar-refractivity contribution in [3.05, 3.63) is 28.2 Å². The molecule has 0 radical (unpaired) electrons. The molecule has 1 aliphatic heterocycles. The fourth-order valence-corrected chi connectivity index (χ4v) is 2.87. The number of aliphatic hydroxyl groups excluding tert-OH is 1. The summed E-state index contributed by atoms with van der Waals surface area (Å²) in [5, 5.41) is 18.3. The highest BCUT2D eigenvalue weighted by atomic mass is 79.9. The van der Waals surface area contributed by atoms with Crippen LogP contribution in [-0.2, 0) is 4.79 Å². The van der Waals surface area contributed by atoms with E-state index in [9.17, 15) is 9.90 Å². The number of hydrogen-bond acceptors (Lipinski definition) is 3. The van der Waals surface area contributed by atoms with Gasteiger partial charge in [-0.25, -0.2) is 4.79 Å². The Morgan fingerprint density at radius 3 is 2.50 bits per heavy atom. The Hall–Kier alpha value is -1.07. The van der Waals surface area contributed by atoms with E-state index in [1.165, 1.54) is 19.3 Å². The molecule has 1 unspecified atom stereocenters. The number of rotatable bonds is 3. The van der Waals surface area contributed by atoms with Gasteiger partial charge in [-0.1, -0.05) is 6.07 Å². The van der Waals surface area contributed by atoms with Gasteiger partial charge in [0.1, 0.15) is 0 Å². The summed E-state index contributed by atoms with van der Waals surface area (Å²) in [5.41, 5.74) is 1.46. The zero-order chi connectivity index (χ0) is 13.1. The molecule has 1 saturated heterocycles. The molecule has 98 valence electrons. The first kappa shape index (κ1) is 13.4. The van der Waals surface area contributed by atoms with Crippen LogP contribution in [0.2, 0.25) is 0 Å². The third kappa shape index (κ3) is 2.84. The lowest BCUT2D eigenvalue weighted by Gasteiger charge is -2.30. The molecule has 0 bridgehead atoms. The van der Waals surface area contributed by atoms with E-state index in [0.29, 0.717) is 5.56 Å². The lowest BCUT2D eigenvalue weighted by molar-refractivity contribution is -0.146. The van der Waals surface area contributed by atoms with Crippen molar-refractivity contribution in [3.63, 3.8) is 0 Å². The summed E-state index contributed by atoms with van der Waals surface area (Å²) in [6.45, 7) is 2.05. The quantitative estimate of drug-likeness (QED) is 0.900. The van der Waals surface area contributed by atoms with Crippen molar-refractivity contribution in [2.24, 2.45) is 0 Å². The number of piperidine rings is 1. The second-order valence-electron chi connectivity index (χ2n) is 4.50. The lowest BCUT2D eigenvalue weighted by atomic mass is 10.1. The summed E-state index contributed by atoms with van der Waals surface area (Å²) in [6, 6.07) is 5.23. The Kier molecular flexibility index (Phi) is 4.24. The molecule has 1 aromatic rings. The Bertz CT molecular complexity index is 444. The lowest BCUT2D eigenvalue weighted by Crippen LogP contribution is -2.29. The second-order valence-corrected chi connectivity index (χ2v) is 5.35. The maximum absolute atomic E-state index is 10.7. The van der Waals surface area contributed by atoms with Crippen molar-refractivity contribution in [1.29, 1.82) is 0 Å². The number of hydrogen-bond donors (Lipinski definition) is 2. The molecule has 5 heteroatoms. The van der Waals surface area contributed by atoms with E-state index in [2.05, 4.69) is 20.8 Å². The summed E-state index contributed by atoms with van der Waals surface area (Å²) in [7, 11) is 0. The molecule has 2 N–H and O–H groups in total. The van der Waals surface area contributed by atoms with Gasteiger partial charge in [-0.05, 0) is 52.9 Å². The zero-order valence-electron chi connectivity index (χ0n) is 9.97. The molecular formula is C13H16BrNO3. The molecule has 0 spiro atoms. The summed E-state index contributed by atoms with van der Waals surface area (Å²) in [5.74, 6) is -1.23. The average molecular weight is 314 g/mol. The van der Waals surface area contributed by atoms with E-state index in [0.717, 1.165) is 23.2 Å². The van der Waals surface area contributed by atoms with E-state index in [1.807, 2.05) is 6.07 Å². The van der Waals surface area contributed by atoms with Crippen LogP contribution in [0.25, 0.3) is 0 Å². The van der Waals surface area contributed by atoms with Crippen molar-refractivity contribution >= 4 is 27.6 Å². The van der Waals surface area contributed by atoms with Crippen LogP contribution < -0.4 is 4.90 Å². The van der Waals surface area contributed by atoms with Crippen molar-refractivity contribution in [3.8, 4) is 0 Å². The SMILES string of the molecule is O=C(O)C(O)c1ccc(N2CCCCC2)c(Br)c1. The molecule has 18 heavy (non-hydrogen) atoms. The summed E-state index contributed by atoms with van der Waals surface area (Å²) in [4.78, 5) is 13.0. The van der Waals surface area contributed by atoms with Crippen LogP contribution in [0.1, 0.15) is 30.9 Å². The zero-order valence-corrected chi connectivity index (χ0v) is 11.6. The van der Waals surface area contributed by atoms with E-state index < -0.39 is 12.1 Å². The minimum absolute atomic E-state index is 0.398. The molecule has 4 nitrogen and oxygen atoms in total. The number of anilines is 1. The number of carbonyl (C=O) groups is 1. The maximum Gasteiger partial charge on any atom is 0.337 e. The third-order valence-electron chi connectivity index (χ3n) is 3.22. The van der Waals surface area contributed by atoms with Gasteiger partial charge < -0.3 is 15.1 Å². The van der Waals surface area contributed by atoms with Gasteiger partial charge in [-0.15, -0.1) is 0 Å². The van der Waals surface area contributed by atoms with Crippen LogP contribution in [0.5, 0.6) is 0 Å². The number of carboxylic acids is 1. The van der Waals surface area contributed by atoms with Crippen LogP contribution in [0.4, 0.5) is 5.69 Å². The number of benzene rings is 1. The first-order valence-electron chi connectivity index (χ1n) is 6.05. The summed E-state index contributed by atoms with van der Waals surface area (Å²) in [6.07, 6.45) is 2.18. The first-order chi connectivity index (χ1) is 8.59. The fourth-order valence-electron chi connectivity index (χ4n) is 2.23. The van der Waals surface area contributed by atoms with Crippen LogP contribution >= 0.6 is 15.9 Å². The first-order valence-corrected chi connectivity index (χ1v) is 6.84. The molecule has 1 aliphatic rings. The molecule has 0 aromatic heterocycles. The van der Waals surface area contributed by atoms with Crippen molar-refractivity contribution < 1.29 is 15.0 Å². The van der Waals surface area contributed by atoms with Gasteiger partial charge in [-0.2, -0.15) is 0 Å². The third-order valence-corrected chi connectivity index (χ3v) is 3.85. The van der Waals surface area contributed by atoms with Crippen molar-refractivity contribution in [1.82, 2.24) is 0 Å². The Labute approximate surface area is 114 Å². The van der Waals surface area contributed by atoms with E-state index in [4.69, 9.17) is 5.11 Å². The highest BCUT2D eigenvalue weighted by Crippen LogP contribution is 2.31. The van der Waals surface area contributed by atoms with Crippen molar-refractivity contribution in [2.75, 3.05) is 18.0 Å². The van der Waals surface area contributed by atoms with Gasteiger partial charge in [0.2, 0.25) is 0 Å². The number of nitrogens with zero attached hydrogens (tertiary/aromatic N) is 1. The van der Waals surface area contributed by atoms with Gasteiger partial charge in [0, 0.05) is 17.6 Å². The smallest absolute Gasteiger partial charge is 0.337 e. The highest BCUT2D eigenvalue weighted by molar-refractivity contribution is 9.10. The van der Waals surface area contributed by atoms with Gasteiger partial charge >= 0.3 is 5.97 Å². The van der Waals surface area contributed by atoms with E-state index >= 15 is 0 Å². The number of carboxylic acid groups (broad SMARTS) is 1. The fraction of sp³-hybridized carbons (Fsp3) is 0.462. The van der Waals surface area contributed by atoms with Gasteiger partial charge in [0.05, 0.1) is 5.69 Å². The number of halogens is 1. The molecule has 0 aliphatic carbocycles. The van der Waals surface area contributed by atoms with Crippen LogP contribution in [0.15, 0.2) is 22.7 Å². The minimum Gasteiger partial charge on any atom is -0.479 e. The maximum atomic E-state index is 10.7. The van der Waals surface area contributed by atoms with E-state index in [1.54, 1.807) is 12.1 Å². The largest absolute Gasteiger partial charge is 0.479 e. The molecule has 0 amide bonds. The summed E-state index contributed by atoms with van der Waals surface area (Å²) >= 11 is 3.45. The Morgan fingerprint density at radius 2 is 1.94 bits per heavy atom. The molecular weight excluding hydrogens is 298 g/mol. The number of aliphatic hydroxyl groups is 1. The molecule has 1 aromatic carbocycles. The monoisotopic (exact) mass is 313 g/mol. The van der Waals surface area contributed by atoms with Crippen LogP contribution in [0.3, 0.4) is 0 Å². The molecule has 1 atom stereocenters. The predicted octanol–water partition coefficient (Wildman–Crippen LogP) is 2.56. The highest BCUT2D eigenvalue weighted by Gasteiger charge is 2.19. The summed E-state index contributed by atoms with van der Waals surface area (Å²) < 4.78 is 0.835. The Balaban J connectivity index is 2.21. The van der Waals surface area contributed by atoms with Gasteiger partial charge in [0.25, 0.3) is 0 Å².